The SMILES string of the molecule is COc1cccc(NC2=C(CN3CCCCC3)C(=O)CC(C)(C)C2)c1. The Morgan fingerprint density at radius 1 is 1.16 bits per heavy atom. The highest BCUT2D eigenvalue weighted by Gasteiger charge is 2.33. The van der Waals surface area contributed by atoms with Gasteiger partial charge in [-0.3, -0.25) is 9.69 Å². The van der Waals surface area contributed by atoms with Crippen molar-refractivity contribution in [2.45, 2.75) is 46.0 Å². The molecule has 3 rings (SSSR count). The summed E-state index contributed by atoms with van der Waals surface area (Å²) >= 11 is 0. The summed E-state index contributed by atoms with van der Waals surface area (Å²) in [7, 11) is 1.67. The standard InChI is InChI=1S/C21H30N2O2/c1-21(2)13-19(22-16-8-7-9-17(12-16)25-3)18(20(24)14-21)15-23-10-5-4-6-11-23/h7-9,12,22H,4-6,10-11,13-15H2,1-3H3. The number of anilines is 1. The summed E-state index contributed by atoms with van der Waals surface area (Å²) in [5.41, 5.74) is 3.05. The number of rotatable bonds is 5. The van der Waals surface area contributed by atoms with E-state index >= 15 is 0 Å². The molecule has 0 saturated carbocycles. The van der Waals surface area contributed by atoms with Gasteiger partial charge in [-0.05, 0) is 49.9 Å². The van der Waals surface area contributed by atoms with E-state index in [1.165, 1.54) is 19.3 Å². The number of benzene rings is 1. The second-order valence-electron chi connectivity index (χ2n) is 8.09. The molecule has 1 aliphatic carbocycles. The van der Waals surface area contributed by atoms with E-state index in [0.717, 1.165) is 48.8 Å². The minimum Gasteiger partial charge on any atom is -0.497 e. The minimum atomic E-state index is 0.00365. The number of allylic oxidation sites excluding steroid dienone is 1. The number of methoxy groups -OCH3 is 1. The molecule has 0 aromatic heterocycles. The number of nitrogens with zero attached hydrogens (tertiary/aromatic N) is 1. The Morgan fingerprint density at radius 3 is 2.64 bits per heavy atom. The zero-order valence-corrected chi connectivity index (χ0v) is 15.7. The number of nitrogens with one attached hydrogen (secondary N) is 1. The van der Waals surface area contributed by atoms with Crippen molar-refractivity contribution in [3.05, 3.63) is 35.5 Å². The van der Waals surface area contributed by atoms with Crippen LogP contribution in [0.25, 0.3) is 0 Å². The van der Waals surface area contributed by atoms with Gasteiger partial charge < -0.3 is 10.1 Å². The summed E-state index contributed by atoms with van der Waals surface area (Å²) in [4.78, 5) is 15.3. The zero-order chi connectivity index (χ0) is 17.9. The lowest BCUT2D eigenvalue weighted by atomic mass is 9.75. The topological polar surface area (TPSA) is 41.6 Å². The number of carbonyl (C=O) groups excluding carboxylic acids is 1. The van der Waals surface area contributed by atoms with Gasteiger partial charge in [0.25, 0.3) is 0 Å². The predicted molar refractivity (Wildman–Crippen MR) is 102 cm³/mol. The Bertz CT molecular complexity index is 658. The van der Waals surface area contributed by atoms with E-state index in [2.05, 4.69) is 24.1 Å². The first-order valence-corrected chi connectivity index (χ1v) is 9.35. The summed E-state index contributed by atoms with van der Waals surface area (Å²) in [6.07, 6.45) is 5.33. The number of Topliss-reactive ketones (excluding diaryl/α,β-unsaturated/α-hetero) is 1. The Kier molecular flexibility index (Phi) is 5.48. The average Bonchev–Trinajstić information content (AvgIpc) is 2.58. The first kappa shape index (κ1) is 18.0. The van der Waals surface area contributed by atoms with Gasteiger partial charge in [-0.2, -0.15) is 0 Å². The summed E-state index contributed by atoms with van der Waals surface area (Å²) < 4.78 is 5.32. The Morgan fingerprint density at radius 2 is 1.92 bits per heavy atom. The molecule has 2 aliphatic rings. The fourth-order valence-corrected chi connectivity index (χ4v) is 3.88. The summed E-state index contributed by atoms with van der Waals surface area (Å²) in [6, 6.07) is 7.92. The predicted octanol–water partition coefficient (Wildman–Crippen LogP) is 4.24. The number of hydrogen-bond acceptors (Lipinski definition) is 4. The third-order valence-electron chi connectivity index (χ3n) is 5.19. The van der Waals surface area contributed by atoms with E-state index in [1.54, 1.807) is 7.11 Å². The lowest BCUT2D eigenvalue weighted by Gasteiger charge is -2.35. The van der Waals surface area contributed by atoms with Gasteiger partial charge in [0.1, 0.15) is 5.75 Å². The highest BCUT2D eigenvalue weighted by atomic mass is 16.5. The normalized spacial score (nSPS) is 21.3. The van der Waals surface area contributed by atoms with Crippen LogP contribution >= 0.6 is 0 Å². The molecule has 4 nitrogen and oxygen atoms in total. The first-order chi connectivity index (χ1) is 12.0. The fraction of sp³-hybridized carbons (Fsp3) is 0.571. The third-order valence-corrected chi connectivity index (χ3v) is 5.19. The maximum absolute atomic E-state index is 12.9. The molecule has 1 aliphatic heterocycles. The largest absolute Gasteiger partial charge is 0.497 e. The second kappa shape index (κ2) is 7.61. The number of ketones is 1. The van der Waals surface area contributed by atoms with Crippen LogP contribution in [0.5, 0.6) is 5.75 Å². The Balaban J connectivity index is 1.86. The van der Waals surface area contributed by atoms with E-state index in [4.69, 9.17) is 4.74 Å². The molecule has 4 heteroatoms. The van der Waals surface area contributed by atoms with Crippen LogP contribution in [0, 0.1) is 5.41 Å². The number of carbonyl (C=O) groups is 1. The molecule has 0 radical (unpaired) electrons. The minimum absolute atomic E-state index is 0.00365. The van der Waals surface area contributed by atoms with Crippen LogP contribution in [0.15, 0.2) is 35.5 Å². The number of hydrogen-bond donors (Lipinski definition) is 1. The van der Waals surface area contributed by atoms with Crippen LogP contribution in [0.4, 0.5) is 5.69 Å². The van der Waals surface area contributed by atoms with Crippen LogP contribution < -0.4 is 10.1 Å². The molecule has 1 fully saturated rings. The lowest BCUT2D eigenvalue weighted by Crippen LogP contribution is -2.37. The highest BCUT2D eigenvalue weighted by molar-refractivity contribution is 5.98. The quantitative estimate of drug-likeness (QED) is 0.869. The van der Waals surface area contributed by atoms with Crippen LogP contribution in [-0.2, 0) is 4.79 Å². The molecule has 0 atom stereocenters. The van der Waals surface area contributed by atoms with Crippen LogP contribution in [0.3, 0.4) is 0 Å². The maximum atomic E-state index is 12.9. The van der Waals surface area contributed by atoms with Gasteiger partial charge in [-0.1, -0.05) is 26.3 Å². The molecular formula is C21H30N2O2. The van der Waals surface area contributed by atoms with Crippen molar-refractivity contribution >= 4 is 11.5 Å². The molecule has 0 bridgehead atoms. The van der Waals surface area contributed by atoms with Gasteiger partial charge in [-0.25, -0.2) is 0 Å². The molecule has 1 aromatic rings. The van der Waals surface area contributed by atoms with Crippen LogP contribution in [0.1, 0.15) is 46.0 Å². The van der Waals surface area contributed by atoms with E-state index in [9.17, 15) is 4.79 Å². The highest BCUT2D eigenvalue weighted by Crippen LogP contribution is 2.38. The van der Waals surface area contributed by atoms with E-state index < -0.39 is 0 Å². The molecule has 0 amide bonds. The van der Waals surface area contributed by atoms with Crippen molar-refractivity contribution in [3.8, 4) is 5.75 Å². The van der Waals surface area contributed by atoms with E-state index in [-0.39, 0.29) is 5.41 Å². The van der Waals surface area contributed by atoms with Gasteiger partial charge in [0, 0.05) is 36.0 Å². The molecule has 1 N–H and O–H groups in total. The van der Waals surface area contributed by atoms with Crippen molar-refractivity contribution in [1.29, 1.82) is 0 Å². The van der Waals surface area contributed by atoms with Gasteiger partial charge in [0.05, 0.1) is 7.11 Å². The average molecular weight is 342 g/mol. The second-order valence-corrected chi connectivity index (χ2v) is 8.09. The summed E-state index contributed by atoms with van der Waals surface area (Å²) in [5, 5.41) is 3.53. The molecule has 0 spiro atoms. The molecule has 1 saturated heterocycles. The van der Waals surface area contributed by atoms with Crippen molar-refractivity contribution < 1.29 is 9.53 Å². The van der Waals surface area contributed by atoms with Gasteiger partial charge in [0.2, 0.25) is 0 Å². The summed E-state index contributed by atoms with van der Waals surface area (Å²) in [6.45, 7) is 7.34. The fourth-order valence-electron chi connectivity index (χ4n) is 3.88. The van der Waals surface area contributed by atoms with Crippen molar-refractivity contribution in [1.82, 2.24) is 4.90 Å². The van der Waals surface area contributed by atoms with E-state index in [1.807, 2.05) is 24.3 Å². The number of piperidine rings is 1. The maximum Gasteiger partial charge on any atom is 0.162 e. The smallest absolute Gasteiger partial charge is 0.162 e. The number of likely N-dealkylation sites (tertiary alicyclic amines) is 1. The van der Waals surface area contributed by atoms with Crippen molar-refractivity contribution in [2.24, 2.45) is 5.41 Å². The lowest BCUT2D eigenvalue weighted by molar-refractivity contribution is -0.118. The van der Waals surface area contributed by atoms with Crippen molar-refractivity contribution in [3.63, 3.8) is 0 Å². The molecular weight excluding hydrogens is 312 g/mol. The van der Waals surface area contributed by atoms with Gasteiger partial charge in [0.15, 0.2) is 5.78 Å². The molecule has 136 valence electrons. The van der Waals surface area contributed by atoms with Gasteiger partial charge >= 0.3 is 0 Å². The molecule has 25 heavy (non-hydrogen) atoms. The Labute approximate surface area is 151 Å². The molecule has 0 unspecified atom stereocenters. The monoisotopic (exact) mass is 342 g/mol. The first-order valence-electron chi connectivity index (χ1n) is 9.35. The Hall–Kier alpha value is -1.81. The van der Waals surface area contributed by atoms with Crippen LogP contribution in [0.2, 0.25) is 0 Å². The third kappa shape index (κ3) is 4.63. The van der Waals surface area contributed by atoms with Crippen LogP contribution in [-0.4, -0.2) is 37.4 Å². The zero-order valence-electron chi connectivity index (χ0n) is 15.7. The summed E-state index contributed by atoms with van der Waals surface area (Å²) in [5.74, 6) is 1.12. The van der Waals surface area contributed by atoms with Crippen molar-refractivity contribution in [2.75, 3.05) is 32.1 Å². The van der Waals surface area contributed by atoms with E-state index in [0.29, 0.717) is 12.2 Å². The van der Waals surface area contributed by atoms with Gasteiger partial charge in [-0.15, -0.1) is 0 Å². The molecule has 1 heterocycles. The molecule has 1 aromatic carbocycles. The number of ether oxygens (including phenoxy) is 1.